The summed E-state index contributed by atoms with van der Waals surface area (Å²) in [6.07, 6.45) is 4.72. The monoisotopic (exact) mass is 421 g/mol. The molecule has 0 aromatic carbocycles. The van der Waals surface area contributed by atoms with Crippen molar-refractivity contribution in [2.75, 3.05) is 38.0 Å². The standard InChI is InChI=1S/C20H28ClN5O3/c1-14(27)26-9-6-17(7-10-26)23-19(28)13-25-8-2-3-15(12-25)20(29)24-18-5-4-16(21)11-22-18/h4-5,11,15,17H,2-3,6-10,12-13H2,1H3,(H,23,28)(H,22,24,29). The molecule has 0 spiro atoms. The number of nitrogens with one attached hydrogen (secondary N) is 2. The SMILES string of the molecule is CC(=O)N1CCC(NC(=O)CN2CCCC(C(=O)Nc3ccc(Cl)cn3)C2)CC1. The van der Waals surface area contributed by atoms with Gasteiger partial charge in [0.1, 0.15) is 5.82 Å². The number of nitrogens with zero attached hydrogens (tertiary/aromatic N) is 3. The van der Waals surface area contributed by atoms with Crippen LogP contribution in [0.5, 0.6) is 0 Å². The average molecular weight is 422 g/mol. The van der Waals surface area contributed by atoms with Crippen LogP contribution in [0.15, 0.2) is 18.3 Å². The molecule has 1 aromatic heterocycles. The maximum atomic E-state index is 12.5. The summed E-state index contributed by atoms with van der Waals surface area (Å²) in [5.41, 5.74) is 0. The van der Waals surface area contributed by atoms with Crippen LogP contribution in [0, 0.1) is 5.92 Å². The summed E-state index contributed by atoms with van der Waals surface area (Å²) in [7, 11) is 0. The van der Waals surface area contributed by atoms with E-state index in [4.69, 9.17) is 11.6 Å². The number of carbonyl (C=O) groups excluding carboxylic acids is 3. The highest BCUT2D eigenvalue weighted by Gasteiger charge is 2.28. The number of carbonyl (C=O) groups is 3. The van der Waals surface area contributed by atoms with Gasteiger partial charge in [-0.15, -0.1) is 0 Å². The lowest BCUT2D eigenvalue weighted by atomic mass is 9.97. The first-order valence-corrected chi connectivity index (χ1v) is 10.5. The molecule has 2 saturated heterocycles. The van der Waals surface area contributed by atoms with Gasteiger partial charge in [0.05, 0.1) is 17.5 Å². The highest BCUT2D eigenvalue weighted by atomic mass is 35.5. The van der Waals surface area contributed by atoms with Crippen LogP contribution in [-0.2, 0) is 14.4 Å². The van der Waals surface area contributed by atoms with Crippen molar-refractivity contribution in [2.24, 2.45) is 5.92 Å². The van der Waals surface area contributed by atoms with Crippen molar-refractivity contribution in [3.05, 3.63) is 23.4 Å². The Morgan fingerprint density at radius 3 is 2.59 bits per heavy atom. The summed E-state index contributed by atoms with van der Waals surface area (Å²) in [5, 5.41) is 6.42. The summed E-state index contributed by atoms with van der Waals surface area (Å²) in [4.78, 5) is 44.3. The van der Waals surface area contributed by atoms with E-state index < -0.39 is 0 Å². The van der Waals surface area contributed by atoms with Crippen LogP contribution in [0.25, 0.3) is 0 Å². The van der Waals surface area contributed by atoms with Crippen molar-refractivity contribution in [2.45, 2.75) is 38.6 Å². The van der Waals surface area contributed by atoms with E-state index >= 15 is 0 Å². The molecule has 158 valence electrons. The van der Waals surface area contributed by atoms with Crippen LogP contribution < -0.4 is 10.6 Å². The quantitative estimate of drug-likeness (QED) is 0.751. The molecule has 8 nitrogen and oxygen atoms in total. The minimum Gasteiger partial charge on any atom is -0.352 e. The summed E-state index contributed by atoms with van der Waals surface area (Å²) in [6, 6.07) is 3.46. The van der Waals surface area contributed by atoms with Crippen molar-refractivity contribution in [1.82, 2.24) is 20.1 Å². The first-order valence-electron chi connectivity index (χ1n) is 10.1. The van der Waals surface area contributed by atoms with Crippen LogP contribution in [0.3, 0.4) is 0 Å². The molecule has 1 atom stereocenters. The Bertz CT molecular complexity index is 734. The molecule has 0 radical (unpaired) electrons. The molecule has 0 aliphatic carbocycles. The third kappa shape index (κ3) is 6.40. The molecular formula is C20H28ClN5O3. The fourth-order valence-electron chi connectivity index (χ4n) is 3.91. The third-order valence-electron chi connectivity index (χ3n) is 5.53. The summed E-state index contributed by atoms with van der Waals surface area (Å²) in [6.45, 7) is 4.59. The molecule has 29 heavy (non-hydrogen) atoms. The maximum absolute atomic E-state index is 12.5. The van der Waals surface area contributed by atoms with E-state index in [1.807, 2.05) is 9.80 Å². The fraction of sp³-hybridized carbons (Fsp3) is 0.600. The Morgan fingerprint density at radius 2 is 1.93 bits per heavy atom. The number of likely N-dealkylation sites (tertiary alicyclic amines) is 2. The summed E-state index contributed by atoms with van der Waals surface area (Å²) in [5.74, 6) is 0.286. The van der Waals surface area contributed by atoms with E-state index in [1.165, 1.54) is 6.20 Å². The number of hydrogen-bond donors (Lipinski definition) is 2. The Labute approximate surface area is 176 Å². The smallest absolute Gasteiger partial charge is 0.234 e. The van der Waals surface area contributed by atoms with Gasteiger partial charge >= 0.3 is 0 Å². The normalized spacial score (nSPS) is 20.9. The van der Waals surface area contributed by atoms with Gasteiger partial charge in [0.25, 0.3) is 0 Å². The zero-order chi connectivity index (χ0) is 20.8. The topological polar surface area (TPSA) is 94.6 Å². The second-order valence-corrected chi connectivity index (χ2v) is 8.21. The summed E-state index contributed by atoms with van der Waals surface area (Å²) >= 11 is 5.82. The number of hydrogen-bond acceptors (Lipinski definition) is 5. The van der Waals surface area contributed by atoms with Crippen molar-refractivity contribution < 1.29 is 14.4 Å². The van der Waals surface area contributed by atoms with Gasteiger partial charge in [0.15, 0.2) is 0 Å². The van der Waals surface area contributed by atoms with E-state index in [0.29, 0.717) is 30.5 Å². The number of amides is 3. The average Bonchev–Trinajstić information content (AvgIpc) is 2.70. The van der Waals surface area contributed by atoms with Gasteiger partial charge in [0.2, 0.25) is 17.7 Å². The number of anilines is 1. The largest absolute Gasteiger partial charge is 0.352 e. The second-order valence-electron chi connectivity index (χ2n) is 7.77. The predicted octanol–water partition coefficient (Wildman–Crippen LogP) is 1.51. The molecule has 2 N–H and O–H groups in total. The zero-order valence-corrected chi connectivity index (χ0v) is 17.5. The first-order chi connectivity index (χ1) is 13.9. The van der Waals surface area contributed by atoms with Gasteiger partial charge in [0, 0.05) is 38.8 Å². The molecule has 0 saturated carbocycles. The highest BCUT2D eigenvalue weighted by Crippen LogP contribution is 2.19. The lowest BCUT2D eigenvalue weighted by molar-refractivity contribution is -0.130. The molecule has 2 aliphatic rings. The molecular weight excluding hydrogens is 394 g/mol. The summed E-state index contributed by atoms with van der Waals surface area (Å²) < 4.78 is 0. The van der Waals surface area contributed by atoms with Gasteiger partial charge in [-0.25, -0.2) is 4.98 Å². The maximum Gasteiger partial charge on any atom is 0.234 e. The molecule has 9 heteroatoms. The fourth-order valence-corrected chi connectivity index (χ4v) is 4.02. The Kier molecular flexibility index (Phi) is 7.44. The van der Waals surface area contributed by atoms with Gasteiger partial charge in [-0.3, -0.25) is 19.3 Å². The highest BCUT2D eigenvalue weighted by molar-refractivity contribution is 6.30. The molecule has 2 fully saturated rings. The molecule has 0 bridgehead atoms. The first kappa shape index (κ1) is 21.5. The number of rotatable bonds is 5. The molecule has 1 aromatic rings. The number of pyridine rings is 1. The van der Waals surface area contributed by atoms with Crippen molar-refractivity contribution in [3.8, 4) is 0 Å². The lowest BCUT2D eigenvalue weighted by Gasteiger charge is -2.34. The van der Waals surface area contributed by atoms with Gasteiger partial charge in [-0.2, -0.15) is 0 Å². The van der Waals surface area contributed by atoms with Gasteiger partial charge < -0.3 is 15.5 Å². The number of piperidine rings is 2. The van der Waals surface area contributed by atoms with Crippen molar-refractivity contribution >= 4 is 35.1 Å². The van der Waals surface area contributed by atoms with Crippen LogP contribution >= 0.6 is 11.6 Å². The molecule has 3 rings (SSSR count). The number of halogens is 1. The van der Waals surface area contributed by atoms with E-state index in [-0.39, 0.29) is 36.2 Å². The van der Waals surface area contributed by atoms with Gasteiger partial charge in [-0.05, 0) is 44.4 Å². The molecule has 1 unspecified atom stereocenters. The van der Waals surface area contributed by atoms with E-state index in [0.717, 1.165) is 32.2 Å². The van der Waals surface area contributed by atoms with E-state index in [9.17, 15) is 14.4 Å². The lowest BCUT2D eigenvalue weighted by Crippen LogP contribution is -2.50. The van der Waals surface area contributed by atoms with Gasteiger partial charge in [-0.1, -0.05) is 11.6 Å². The van der Waals surface area contributed by atoms with Crippen LogP contribution in [0.2, 0.25) is 5.02 Å². The third-order valence-corrected chi connectivity index (χ3v) is 5.75. The minimum atomic E-state index is -0.173. The molecule has 2 aliphatic heterocycles. The number of aromatic nitrogens is 1. The minimum absolute atomic E-state index is 0.0216. The molecule has 3 heterocycles. The zero-order valence-electron chi connectivity index (χ0n) is 16.7. The Hall–Kier alpha value is -2.19. The van der Waals surface area contributed by atoms with E-state index in [2.05, 4.69) is 15.6 Å². The predicted molar refractivity (Wildman–Crippen MR) is 110 cm³/mol. The Balaban J connectivity index is 1.43. The second kappa shape index (κ2) is 10.0. The van der Waals surface area contributed by atoms with Crippen LogP contribution in [0.1, 0.15) is 32.6 Å². The van der Waals surface area contributed by atoms with Crippen LogP contribution in [0.4, 0.5) is 5.82 Å². The van der Waals surface area contributed by atoms with E-state index in [1.54, 1.807) is 19.1 Å². The van der Waals surface area contributed by atoms with Crippen molar-refractivity contribution in [3.63, 3.8) is 0 Å². The van der Waals surface area contributed by atoms with Crippen LogP contribution in [-0.4, -0.2) is 71.3 Å². The van der Waals surface area contributed by atoms with Crippen molar-refractivity contribution in [1.29, 1.82) is 0 Å². The molecule has 3 amide bonds. The Morgan fingerprint density at radius 1 is 1.17 bits per heavy atom.